The summed E-state index contributed by atoms with van der Waals surface area (Å²) in [5, 5.41) is 8.05. The van der Waals surface area contributed by atoms with E-state index in [4.69, 9.17) is 0 Å². The zero-order valence-electron chi connectivity index (χ0n) is 15.0. The van der Waals surface area contributed by atoms with Crippen LogP contribution < -0.4 is 16.0 Å². The van der Waals surface area contributed by atoms with Crippen molar-refractivity contribution in [1.82, 2.24) is 16.0 Å². The van der Waals surface area contributed by atoms with Crippen LogP contribution in [0.2, 0.25) is 0 Å². The molecule has 0 aliphatic heterocycles. The van der Waals surface area contributed by atoms with Crippen molar-refractivity contribution in [2.24, 2.45) is 5.92 Å². The molecule has 0 saturated heterocycles. The maximum absolute atomic E-state index is 12.4. The lowest BCUT2D eigenvalue weighted by Gasteiger charge is -2.23. The van der Waals surface area contributed by atoms with Gasteiger partial charge in [0.2, 0.25) is 11.8 Å². The zero-order chi connectivity index (χ0) is 18.3. The van der Waals surface area contributed by atoms with Crippen LogP contribution in [-0.4, -0.2) is 36.3 Å². The van der Waals surface area contributed by atoms with Gasteiger partial charge < -0.3 is 16.0 Å². The first kappa shape index (κ1) is 19.7. The highest BCUT2D eigenvalue weighted by molar-refractivity contribution is 5.98. The number of likely N-dealkylation sites (N-methyl/N-ethyl adjacent to an activating group) is 1. The molecule has 6 nitrogen and oxygen atoms in total. The minimum absolute atomic E-state index is 0.111. The highest BCUT2D eigenvalue weighted by Gasteiger charge is 2.27. The molecule has 0 spiro atoms. The molecule has 1 rings (SSSR count). The van der Waals surface area contributed by atoms with Crippen molar-refractivity contribution in [3.63, 3.8) is 0 Å². The number of nitrogens with one attached hydrogen (secondary N) is 3. The fraction of sp³-hybridized carbons (Fsp3) is 0.500. The van der Waals surface area contributed by atoms with Gasteiger partial charge in [-0.3, -0.25) is 14.4 Å². The Morgan fingerprint density at radius 2 is 1.71 bits per heavy atom. The smallest absolute Gasteiger partial charge is 0.251 e. The van der Waals surface area contributed by atoms with Crippen LogP contribution in [0.3, 0.4) is 0 Å². The van der Waals surface area contributed by atoms with Gasteiger partial charge in [0.1, 0.15) is 12.1 Å². The minimum atomic E-state index is -0.713. The van der Waals surface area contributed by atoms with Crippen molar-refractivity contribution in [3.05, 3.63) is 35.4 Å². The SMILES string of the molecule is CCNC(=O)C(C)NC(=O)C(NC(=O)c1cccc(C)c1)C(C)C. The molecular formula is C18H27N3O3. The summed E-state index contributed by atoms with van der Waals surface area (Å²) in [5.74, 6) is -1.04. The van der Waals surface area contributed by atoms with Crippen molar-refractivity contribution < 1.29 is 14.4 Å². The Bertz CT molecular complexity index is 599. The number of hydrogen-bond donors (Lipinski definition) is 3. The third-order valence-electron chi connectivity index (χ3n) is 3.62. The molecule has 0 aromatic heterocycles. The Hall–Kier alpha value is -2.37. The summed E-state index contributed by atoms with van der Waals surface area (Å²) in [6, 6.07) is 5.80. The molecule has 24 heavy (non-hydrogen) atoms. The van der Waals surface area contributed by atoms with Crippen LogP contribution in [-0.2, 0) is 9.59 Å². The monoisotopic (exact) mass is 333 g/mol. The number of amides is 3. The summed E-state index contributed by atoms with van der Waals surface area (Å²) >= 11 is 0. The first-order valence-corrected chi connectivity index (χ1v) is 8.21. The van der Waals surface area contributed by atoms with Gasteiger partial charge in [-0.15, -0.1) is 0 Å². The Balaban J connectivity index is 2.77. The second-order valence-corrected chi connectivity index (χ2v) is 6.19. The van der Waals surface area contributed by atoms with E-state index in [0.29, 0.717) is 12.1 Å². The summed E-state index contributed by atoms with van der Waals surface area (Å²) in [5.41, 5.74) is 1.48. The van der Waals surface area contributed by atoms with Crippen LogP contribution in [0.1, 0.15) is 43.6 Å². The summed E-state index contributed by atoms with van der Waals surface area (Å²) in [6.07, 6.45) is 0. The third-order valence-corrected chi connectivity index (χ3v) is 3.62. The quantitative estimate of drug-likeness (QED) is 0.705. The van der Waals surface area contributed by atoms with Gasteiger partial charge in [0.25, 0.3) is 5.91 Å². The second kappa shape index (κ2) is 9.05. The zero-order valence-corrected chi connectivity index (χ0v) is 15.0. The van der Waals surface area contributed by atoms with E-state index < -0.39 is 12.1 Å². The van der Waals surface area contributed by atoms with Gasteiger partial charge in [-0.05, 0) is 38.8 Å². The maximum atomic E-state index is 12.4. The van der Waals surface area contributed by atoms with Crippen LogP contribution >= 0.6 is 0 Å². The Morgan fingerprint density at radius 1 is 1.04 bits per heavy atom. The van der Waals surface area contributed by atoms with Gasteiger partial charge >= 0.3 is 0 Å². The molecule has 3 N–H and O–H groups in total. The Morgan fingerprint density at radius 3 is 2.25 bits per heavy atom. The predicted molar refractivity (Wildman–Crippen MR) is 93.6 cm³/mol. The fourth-order valence-corrected chi connectivity index (χ4v) is 2.24. The molecule has 0 fully saturated rings. The average molecular weight is 333 g/mol. The van der Waals surface area contributed by atoms with E-state index in [0.717, 1.165) is 5.56 Å². The van der Waals surface area contributed by atoms with Crippen molar-refractivity contribution in [2.75, 3.05) is 6.54 Å². The molecule has 0 heterocycles. The molecule has 2 unspecified atom stereocenters. The normalized spacial score (nSPS) is 13.1. The van der Waals surface area contributed by atoms with Gasteiger partial charge in [0.05, 0.1) is 0 Å². The van der Waals surface area contributed by atoms with Crippen molar-refractivity contribution in [3.8, 4) is 0 Å². The van der Waals surface area contributed by atoms with E-state index in [1.165, 1.54) is 0 Å². The molecule has 0 bridgehead atoms. The van der Waals surface area contributed by atoms with Gasteiger partial charge in [0.15, 0.2) is 0 Å². The molecular weight excluding hydrogens is 306 g/mol. The molecule has 1 aromatic rings. The van der Waals surface area contributed by atoms with E-state index >= 15 is 0 Å². The molecule has 0 radical (unpaired) electrons. The van der Waals surface area contributed by atoms with E-state index in [2.05, 4.69) is 16.0 Å². The number of benzene rings is 1. The van der Waals surface area contributed by atoms with E-state index in [1.807, 2.05) is 33.8 Å². The van der Waals surface area contributed by atoms with Crippen molar-refractivity contribution in [2.45, 2.75) is 46.7 Å². The standard InChI is InChI=1S/C18H27N3O3/c1-6-19-16(22)13(5)20-18(24)15(11(2)3)21-17(23)14-9-7-8-12(4)10-14/h7-11,13,15H,6H2,1-5H3,(H,19,22)(H,20,24)(H,21,23). The molecule has 0 saturated carbocycles. The average Bonchev–Trinajstić information content (AvgIpc) is 2.51. The van der Waals surface area contributed by atoms with Crippen molar-refractivity contribution >= 4 is 17.7 Å². The first-order chi connectivity index (χ1) is 11.3. The van der Waals surface area contributed by atoms with Gasteiger partial charge in [-0.2, -0.15) is 0 Å². The molecule has 6 heteroatoms. The van der Waals surface area contributed by atoms with Crippen LogP contribution in [0.15, 0.2) is 24.3 Å². The van der Waals surface area contributed by atoms with Crippen LogP contribution in [0.4, 0.5) is 0 Å². The molecule has 2 atom stereocenters. The van der Waals surface area contributed by atoms with Gasteiger partial charge in [-0.1, -0.05) is 31.5 Å². The minimum Gasteiger partial charge on any atom is -0.355 e. The number of hydrogen-bond acceptors (Lipinski definition) is 3. The molecule has 3 amide bonds. The maximum Gasteiger partial charge on any atom is 0.251 e. The summed E-state index contributed by atoms with van der Waals surface area (Å²) in [7, 11) is 0. The van der Waals surface area contributed by atoms with Crippen molar-refractivity contribution in [1.29, 1.82) is 0 Å². The van der Waals surface area contributed by atoms with Crippen LogP contribution in [0, 0.1) is 12.8 Å². The third kappa shape index (κ3) is 5.68. The number of carbonyl (C=O) groups is 3. The molecule has 132 valence electrons. The molecule has 0 aliphatic rings. The van der Waals surface area contributed by atoms with Crippen LogP contribution in [0.25, 0.3) is 0 Å². The lowest BCUT2D eigenvalue weighted by molar-refractivity contribution is -0.130. The van der Waals surface area contributed by atoms with Crippen LogP contribution in [0.5, 0.6) is 0 Å². The first-order valence-electron chi connectivity index (χ1n) is 8.21. The van der Waals surface area contributed by atoms with E-state index in [9.17, 15) is 14.4 Å². The highest BCUT2D eigenvalue weighted by atomic mass is 16.2. The van der Waals surface area contributed by atoms with Gasteiger partial charge in [-0.25, -0.2) is 0 Å². The second-order valence-electron chi connectivity index (χ2n) is 6.19. The van der Waals surface area contributed by atoms with E-state index in [-0.39, 0.29) is 23.6 Å². The summed E-state index contributed by atoms with van der Waals surface area (Å²) < 4.78 is 0. The molecule has 1 aromatic carbocycles. The van der Waals surface area contributed by atoms with Gasteiger partial charge in [0, 0.05) is 12.1 Å². The predicted octanol–water partition coefficient (Wildman–Crippen LogP) is 1.39. The number of aryl methyl sites for hydroxylation is 1. The number of carbonyl (C=O) groups excluding carboxylic acids is 3. The largest absolute Gasteiger partial charge is 0.355 e. The molecule has 0 aliphatic carbocycles. The summed E-state index contributed by atoms with van der Waals surface area (Å²) in [4.78, 5) is 36.5. The lowest BCUT2D eigenvalue weighted by Crippen LogP contribution is -2.54. The lowest BCUT2D eigenvalue weighted by atomic mass is 10.0. The topological polar surface area (TPSA) is 87.3 Å². The Kier molecular flexibility index (Phi) is 7.42. The van der Waals surface area contributed by atoms with E-state index in [1.54, 1.807) is 25.1 Å². The highest BCUT2D eigenvalue weighted by Crippen LogP contribution is 2.07. The number of rotatable bonds is 7. The fourth-order valence-electron chi connectivity index (χ4n) is 2.24. The Labute approximate surface area is 143 Å². The summed E-state index contributed by atoms with van der Waals surface area (Å²) in [6.45, 7) is 9.51.